The Labute approximate surface area is 106 Å². The monoisotopic (exact) mass is 247 g/mol. The van der Waals surface area contributed by atoms with E-state index in [4.69, 9.17) is 9.47 Å². The summed E-state index contributed by atoms with van der Waals surface area (Å²) < 4.78 is 11.4. The maximum Gasteiger partial charge on any atom is 0.216 e. The Bertz CT molecular complexity index is 464. The standard InChI is InChI=1S/C14H17NO3/c1-9(16)15-5-2-12-11-4-7-17-13(11)8-10-3-6-18-14(10)12/h8H,2-7H2,1H3,(H,15,16). The van der Waals surface area contributed by atoms with E-state index in [2.05, 4.69) is 11.4 Å². The highest BCUT2D eigenvalue weighted by Crippen LogP contribution is 2.40. The van der Waals surface area contributed by atoms with Gasteiger partial charge in [0.15, 0.2) is 0 Å². The van der Waals surface area contributed by atoms with Gasteiger partial charge in [0, 0.05) is 43.0 Å². The second kappa shape index (κ2) is 4.52. The number of benzene rings is 1. The topological polar surface area (TPSA) is 47.6 Å². The first-order valence-corrected chi connectivity index (χ1v) is 6.43. The minimum Gasteiger partial charge on any atom is -0.493 e. The summed E-state index contributed by atoms with van der Waals surface area (Å²) in [4.78, 5) is 10.9. The van der Waals surface area contributed by atoms with Crippen LogP contribution in [0, 0.1) is 0 Å². The summed E-state index contributed by atoms with van der Waals surface area (Å²) in [5, 5.41) is 2.84. The number of rotatable bonds is 3. The molecule has 0 aromatic heterocycles. The molecule has 0 radical (unpaired) electrons. The molecular weight excluding hydrogens is 230 g/mol. The van der Waals surface area contributed by atoms with Gasteiger partial charge < -0.3 is 14.8 Å². The zero-order valence-electron chi connectivity index (χ0n) is 10.5. The Morgan fingerprint density at radius 2 is 2.17 bits per heavy atom. The van der Waals surface area contributed by atoms with Crippen molar-refractivity contribution in [1.29, 1.82) is 0 Å². The van der Waals surface area contributed by atoms with Gasteiger partial charge in [-0.25, -0.2) is 0 Å². The Hall–Kier alpha value is -1.71. The minimum absolute atomic E-state index is 0.0105. The number of amides is 1. The van der Waals surface area contributed by atoms with Crippen molar-refractivity contribution in [2.75, 3.05) is 19.8 Å². The molecule has 3 rings (SSSR count). The maximum absolute atomic E-state index is 10.9. The molecule has 2 aliphatic rings. The molecule has 2 heterocycles. The van der Waals surface area contributed by atoms with E-state index in [1.54, 1.807) is 6.92 Å². The number of hydrogen-bond acceptors (Lipinski definition) is 3. The fourth-order valence-corrected chi connectivity index (χ4v) is 2.71. The third kappa shape index (κ3) is 1.92. The zero-order valence-corrected chi connectivity index (χ0v) is 10.5. The van der Waals surface area contributed by atoms with Gasteiger partial charge >= 0.3 is 0 Å². The van der Waals surface area contributed by atoms with E-state index < -0.39 is 0 Å². The lowest BCUT2D eigenvalue weighted by Gasteiger charge is -2.13. The first-order valence-electron chi connectivity index (χ1n) is 6.43. The third-order valence-electron chi connectivity index (χ3n) is 3.51. The van der Waals surface area contributed by atoms with Crippen molar-refractivity contribution in [2.24, 2.45) is 0 Å². The highest BCUT2D eigenvalue weighted by molar-refractivity contribution is 5.72. The molecule has 2 aliphatic heterocycles. The van der Waals surface area contributed by atoms with Crippen LogP contribution >= 0.6 is 0 Å². The van der Waals surface area contributed by atoms with Crippen LogP contribution in [0.5, 0.6) is 11.5 Å². The van der Waals surface area contributed by atoms with Crippen molar-refractivity contribution >= 4 is 5.91 Å². The van der Waals surface area contributed by atoms with Crippen LogP contribution in [0.15, 0.2) is 6.07 Å². The molecule has 1 N–H and O–H groups in total. The molecule has 1 amide bonds. The average molecular weight is 247 g/mol. The number of carbonyl (C=O) groups is 1. The molecule has 1 aromatic rings. The molecule has 0 saturated heterocycles. The van der Waals surface area contributed by atoms with E-state index in [0.29, 0.717) is 6.54 Å². The van der Waals surface area contributed by atoms with Crippen LogP contribution in [0.3, 0.4) is 0 Å². The van der Waals surface area contributed by atoms with Crippen molar-refractivity contribution in [1.82, 2.24) is 5.32 Å². The Morgan fingerprint density at radius 1 is 1.33 bits per heavy atom. The SMILES string of the molecule is CC(=O)NCCc1c2c(cc3c1OCC3)OCC2. The van der Waals surface area contributed by atoms with Gasteiger partial charge in [-0.2, -0.15) is 0 Å². The van der Waals surface area contributed by atoms with E-state index in [1.165, 1.54) is 16.7 Å². The number of hydrogen-bond donors (Lipinski definition) is 1. The molecule has 0 unspecified atom stereocenters. The van der Waals surface area contributed by atoms with Gasteiger partial charge in [-0.15, -0.1) is 0 Å². The molecule has 1 aromatic carbocycles. The van der Waals surface area contributed by atoms with Crippen molar-refractivity contribution in [3.05, 3.63) is 22.8 Å². The van der Waals surface area contributed by atoms with Crippen LogP contribution in [0.25, 0.3) is 0 Å². The van der Waals surface area contributed by atoms with Crippen molar-refractivity contribution in [3.8, 4) is 11.5 Å². The van der Waals surface area contributed by atoms with Gasteiger partial charge in [0.1, 0.15) is 11.5 Å². The third-order valence-corrected chi connectivity index (χ3v) is 3.51. The normalized spacial score (nSPS) is 15.6. The Morgan fingerprint density at radius 3 is 3.00 bits per heavy atom. The molecular formula is C14H17NO3. The number of fused-ring (bicyclic) bond motifs is 2. The zero-order chi connectivity index (χ0) is 12.5. The van der Waals surface area contributed by atoms with Gasteiger partial charge in [0.05, 0.1) is 13.2 Å². The number of carbonyl (C=O) groups excluding carboxylic acids is 1. The molecule has 0 aliphatic carbocycles. The lowest BCUT2D eigenvalue weighted by Crippen LogP contribution is -2.22. The van der Waals surface area contributed by atoms with Crippen LogP contribution in [0.2, 0.25) is 0 Å². The van der Waals surface area contributed by atoms with Crippen LogP contribution in [-0.4, -0.2) is 25.7 Å². The van der Waals surface area contributed by atoms with Crippen molar-refractivity contribution in [2.45, 2.75) is 26.2 Å². The van der Waals surface area contributed by atoms with Crippen LogP contribution in [0.4, 0.5) is 0 Å². The van der Waals surface area contributed by atoms with Gasteiger partial charge in [0.25, 0.3) is 0 Å². The second-order valence-corrected chi connectivity index (χ2v) is 4.75. The molecule has 0 bridgehead atoms. The second-order valence-electron chi connectivity index (χ2n) is 4.75. The number of nitrogens with one attached hydrogen (secondary N) is 1. The number of ether oxygens (including phenoxy) is 2. The highest BCUT2D eigenvalue weighted by Gasteiger charge is 2.25. The van der Waals surface area contributed by atoms with Gasteiger partial charge in [0.2, 0.25) is 5.91 Å². The summed E-state index contributed by atoms with van der Waals surface area (Å²) in [6.07, 6.45) is 2.72. The molecule has 96 valence electrons. The van der Waals surface area contributed by atoms with Gasteiger partial charge in [-0.3, -0.25) is 4.79 Å². The molecule has 4 nitrogen and oxygen atoms in total. The van der Waals surface area contributed by atoms with Crippen molar-refractivity contribution < 1.29 is 14.3 Å². The van der Waals surface area contributed by atoms with Gasteiger partial charge in [-0.05, 0) is 12.5 Å². The van der Waals surface area contributed by atoms with Gasteiger partial charge in [-0.1, -0.05) is 0 Å². The summed E-state index contributed by atoms with van der Waals surface area (Å²) in [6.45, 7) is 3.71. The van der Waals surface area contributed by atoms with E-state index in [1.807, 2.05) is 0 Å². The summed E-state index contributed by atoms with van der Waals surface area (Å²) in [5.41, 5.74) is 3.74. The molecule has 0 fully saturated rings. The molecule has 0 atom stereocenters. The van der Waals surface area contributed by atoms with Crippen LogP contribution in [-0.2, 0) is 24.1 Å². The molecule has 0 saturated carbocycles. The summed E-state index contributed by atoms with van der Waals surface area (Å²) >= 11 is 0. The predicted octanol–water partition coefficient (Wildman–Crippen LogP) is 1.24. The lowest BCUT2D eigenvalue weighted by molar-refractivity contribution is -0.118. The molecule has 0 spiro atoms. The Balaban J connectivity index is 1.89. The lowest BCUT2D eigenvalue weighted by atomic mass is 9.97. The first kappa shape index (κ1) is 11.4. The smallest absolute Gasteiger partial charge is 0.216 e. The van der Waals surface area contributed by atoms with Crippen LogP contribution < -0.4 is 14.8 Å². The fraction of sp³-hybridized carbons (Fsp3) is 0.500. The molecule has 18 heavy (non-hydrogen) atoms. The van der Waals surface area contributed by atoms with Crippen LogP contribution in [0.1, 0.15) is 23.6 Å². The van der Waals surface area contributed by atoms with E-state index >= 15 is 0 Å². The van der Waals surface area contributed by atoms with E-state index in [0.717, 1.165) is 44.0 Å². The average Bonchev–Trinajstić information content (AvgIpc) is 2.95. The Kier molecular flexibility index (Phi) is 2.86. The fourth-order valence-electron chi connectivity index (χ4n) is 2.71. The first-order chi connectivity index (χ1) is 8.75. The summed E-state index contributed by atoms with van der Waals surface area (Å²) in [5.74, 6) is 2.05. The minimum atomic E-state index is 0.0105. The summed E-state index contributed by atoms with van der Waals surface area (Å²) in [6, 6.07) is 2.12. The predicted molar refractivity (Wildman–Crippen MR) is 67.2 cm³/mol. The quantitative estimate of drug-likeness (QED) is 0.874. The van der Waals surface area contributed by atoms with E-state index in [9.17, 15) is 4.79 Å². The maximum atomic E-state index is 10.9. The van der Waals surface area contributed by atoms with Crippen molar-refractivity contribution in [3.63, 3.8) is 0 Å². The van der Waals surface area contributed by atoms with E-state index in [-0.39, 0.29) is 5.91 Å². The largest absolute Gasteiger partial charge is 0.493 e. The summed E-state index contributed by atoms with van der Waals surface area (Å²) in [7, 11) is 0. The molecule has 4 heteroatoms. The highest BCUT2D eigenvalue weighted by atomic mass is 16.5.